The van der Waals surface area contributed by atoms with E-state index in [4.69, 9.17) is 0 Å². The molecule has 0 N–H and O–H groups in total. The topological polar surface area (TPSA) is 40.6 Å². The van der Waals surface area contributed by atoms with Gasteiger partial charge in [0.25, 0.3) is 0 Å². The van der Waals surface area contributed by atoms with Crippen LogP contribution < -0.4 is 4.90 Å². The Morgan fingerprint density at radius 1 is 1.09 bits per heavy atom. The average molecular weight is 318 g/mol. The van der Waals surface area contributed by atoms with Crippen LogP contribution in [0.15, 0.2) is 24.3 Å². The van der Waals surface area contributed by atoms with Gasteiger partial charge in [0.1, 0.15) is 0 Å². The molecule has 0 heterocycles. The molecule has 0 spiro atoms. The maximum atomic E-state index is 12.1. The minimum absolute atomic E-state index is 0.0358. The van der Waals surface area contributed by atoms with Crippen LogP contribution in [0.3, 0.4) is 0 Å². The van der Waals surface area contributed by atoms with Crippen molar-refractivity contribution in [1.29, 1.82) is 0 Å². The lowest BCUT2D eigenvalue weighted by Gasteiger charge is -2.23. The summed E-state index contributed by atoms with van der Waals surface area (Å²) >= 11 is 0. The van der Waals surface area contributed by atoms with Gasteiger partial charge in [0.05, 0.1) is 0 Å². The van der Waals surface area contributed by atoms with Crippen LogP contribution in [0.1, 0.15) is 58.4 Å². The number of hydrogen-bond donors (Lipinski definition) is 0. The van der Waals surface area contributed by atoms with Crippen LogP contribution in [-0.2, 0) is 9.59 Å². The summed E-state index contributed by atoms with van der Waals surface area (Å²) in [6.45, 7) is 9.13. The first-order chi connectivity index (χ1) is 10.9. The molecule has 0 aliphatic heterocycles. The predicted octanol–water partition coefficient (Wildman–Crippen LogP) is 3.81. The van der Waals surface area contributed by atoms with Gasteiger partial charge in [0.2, 0.25) is 11.8 Å². The summed E-state index contributed by atoms with van der Waals surface area (Å²) in [7, 11) is 1.83. The molecule has 0 bridgehead atoms. The van der Waals surface area contributed by atoms with Crippen LogP contribution in [0.4, 0.5) is 5.69 Å². The van der Waals surface area contributed by atoms with E-state index in [-0.39, 0.29) is 11.8 Å². The Bertz CT molecular complexity index is 509. The molecular weight excluding hydrogens is 288 g/mol. The van der Waals surface area contributed by atoms with Crippen molar-refractivity contribution in [2.45, 2.75) is 52.9 Å². The number of nitrogens with zero attached hydrogens (tertiary/aromatic N) is 2. The van der Waals surface area contributed by atoms with Crippen LogP contribution in [0.5, 0.6) is 0 Å². The van der Waals surface area contributed by atoms with E-state index in [9.17, 15) is 9.59 Å². The smallest absolute Gasteiger partial charge is 0.224 e. The molecule has 0 aromatic heterocycles. The second kappa shape index (κ2) is 9.33. The van der Waals surface area contributed by atoms with E-state index in [1.165, 1.54) is 5.56 Å². The number of carbonyl (C=O) groups excluding carboxylic acids is 2. The van der Waals surface area contributed by atoms with Gasteiger partial charge in [-0.15, -0.1) is 0 Å². The summed E-state index contributed by atoms with van der Waals surface area (Å²) in [6, 6.07) is 8.01. The molecule has 0 aliphatic carbocycles. The summed E-state index contributed by atoms with van der Waals surface area (Å²) in [5, 5.41) is 0. The van der Waals surface area contributed by atoms with Gasteiger partial charge in [-0.1, -0.05) is 39.3 Å². The Hall–Kier alpha value is -1.84. The number of benzene rings is 1. The van der Waals surface area contributed by atoms with Crippen molar-refractivity contribution < 1.29 is 9.59 Å². The van der Waals surface area contributed by atoms with Gasteiger partial charge < -0.3 is 9.80 Å². The second-order valence-corrected chi connectivity index (χ2v) is 6.34. The molecule has 128 valence electrons. The lowest BCUT2D eigenvalue weighted by molar-refractivity contribution is -0.129. The van der Waals surface area contributed by atoms with E-state index in [2.05, 4.69) is 20.8 Å². The maximum absolute atomic E-state index is 12.1. The fourth-order valence-corrected chi connectivity index (χ4v) is 2.43. The third kappa shape index (κ3) is 6.05. The van der Waals surface area contributed by atoms with E-state index in [1.807, 2.05) is 31.3 Å². The number of hydrogen-bond acceptors (Lipinski definition) is 2. The highest BCUT2D eigenvalue weighted by Gasteiger charge is 2.15. The summed E-state index contributed by atoms with van der Waals surface area (Å²) in [5.74, 6) is 0.512. The van der Waals surface area contributed by atoms with Crippen LogP contribution in [-0.4, -0.2) is 36.9 Å². The zero-order valence-electron chi connectivity index (χ0n) is 15.1. The molecule has 0 aliphatic rings. The average Bonchev–Trinajstić information content (AvgIpc) is 2.52. The summed E-state index contributed by atoms with van der Waals surface area (Å²) in [6.07, 6.45) is 2.43. The van der Waals surface area contributed by atoms with Crippen molar-refractivity contribution in [2.75, 3.05) is 25.0 Å². The Labute approximate surface area is 140 Å². The molecule has 0 radical (unpaired) electrons. The van der Waals surface area contributed by atoms with Crippen LogP contribution in [0, 0.1) is 0 Å². The van der Waals surface area contributed by atoms with E-state index in [0.717, 1.165) is 25.1 Å². The van der Waals surface area contributed by atoms with Crippen molar-refractivity contribution in [3.63, 3.8) is 0 Å². The highest BCUT2D eigenvalue weighted by Crippen LogP contribution is 2.20. The first-order valence-electron chi connectivity index (χ1n) is 8.48. The van der Waals surface area contributed by atoms with Gasteiger partial charge in [0.15, 0.2) is 0 Å². The number of carbonyl (C=O) groups is 2. The number of rotatable bonds is 8. The molecular formula is C19H30N2O2. The third-order valence-corrected chi connectivity index (χ3v) is 4.07. The molecule has 1 rings (SSSR count). The quantitative estimate of drug-likeness (QED) is 0.731. The van der Waals surface area contributed by atoms with E-state index < -0.39 is 0 Å². The Morgan fingerprint density at radius 3 is 2.17 bits per heavy atom. The normalized spacial score (nSPS) is 10.7. The van der Waals surface area contributed by atoms with Gasteiger partial charge in [-0.05, 0) is 30.0 Å². The van der Waals surface area contributed by atoms with Crippen molar-refractivity contribution in [3.05, 3.63) is 29.8 Å². The molecule has 0 saturated carbocycles. The monoisotopic (exact) mass is 318 g/mol. The van der Waals surface area contributed by atoms with Gasteiger partial charge in [-0.25, -0.2) is 0 Å². The molecule has 23 heavy (non-hydrogen) atoms. The van der Waals surface area contributed by atoms with Crippen LogP contribution in [0.25, 0.3) is 0 Å². The fraction of sp³-hybridized carbons (Fsp3) is 0.579. The van der Waals surface area contributed by atoms with Gasteiger partial charge in [0, 0.05) is 39.2 Å². The SMILES string of the molecule is CCCCN(C)C(=O)CCN(C(C)=O)c1ccc(C(C)C)cc1. The molecule has 1 aromatic rings. The standard InChI is InChI=1S/C19H30N2O2/c1-6-7-13-20(5)19(23)12-14-21(16(4)22)18-10-8-17(9-11-18)15(2)3/h8-11,15H,6-7,12-14H2,1-5H3. The second-order valence-electron chi connectivity index (χ2n) is 6.34. The van der Waals surface area contributed by atoms with Crippen molar-refractivity contribution in [2.24, 2.45) is 0 Å². The minimum atomic E-state index is -0.0358. The molecule has 4 heteroatoms. The van der Waals surface area contributed by atoms with E-state index >= 15 is 0 Å². The molecule has 0 saturated heterocycles. The van der Waals surface area contributed by atoms with E-state index in [0.29, 0.717) is 18.9 Å². The Kier molecular flexibility index (Phi) is 7.79. The predicted molar refractivity (Wildman–Crippen MR) is 95.7 cm³/mol. The first-order valence-corrected chi connectivity index (χ1v) is 8.48. The molecule has 4 nitrogen and oxygen atoms in total. The number of unbranched alkanes of at least 4 members (excludes halogenated alkanes) is 1. The van der Waals surface area contributed by atoms with Gasteiger partial charge >= 0.3 is 0 Å². The van der Waals surface area contributed by atoms with Crippen molar-refractivity contribution >= 4 is 17.5 Å². The summed E-state index contributed by atoms with van der Waals surface area (Å²) in [5.41, 5.74) is 2.10. The molecule has 2 amide bonds. The largest absolute Gasteiger partial charge is 0.346 e. The number of anilines is 1. The Morgan fingerprint density at radius 2 is 1.70 bits per heavy atom. The zero-order chi connectivity index (χ0) is 17.4. The minimum Gasteiger partial charge on any atom is -0.346 e. The molecule has 1 aromatic carbocycles. The third-order valence-electron chi connectivity index (χ3n) is 4.07. The molecule has 0 fully saturated rings. The maximum Gasteiger partial charge on any atom is 0.224 e. The Balaban J connectivity index is 2.68. The first kappa shape index (κ1) is 19.2. The van der Waals surface area contributed by atoms with Crippen molar-refractivity contribution in [1.82, 2.24) is 4.90 Å². The summed E-state index contributed by atoms with van der Waals surface area (Å²) < 4.78 is 0. The van der Waals surface area contributed by atoms with Crippen LogP contribution >= 0.6 is 0 Å². The lowest BCUT2D eigenvalue weighted by Crippen LogP contribution is -2.35. The highest BCUT2D eigenvalue weighted by molar-refractivity contribution is 5.92. The van der Waals surface area contributed by atoms with Crippen LogP contribution in [0.2, 0.25) is 0 Å². The fourth-order valence-electron chi connectivity index (χ4n) is 2.43. The van der Waals surface area contributed by atoms with Gasteiger partial charge in [-0.3, -0.25) is 9.59 Å². The zero-order valence-corrected chi connectivity index (χ0v) is 15.1. The molecule has 0 unspecified atom stereocenters. The molecule has 0 atom stereocenters. The van der Waals surface area contributed by atoms with E-state index in [1.54, 1.807) is 16.7 Å². The van der Waals surface area contributed by atoms with Crippen molar-refractivity contribution in [3.8, 4) is 0 Å². The lowest BCUT2D eigenvalue weighted by atomic mass is 10.0. The summed E-state index contributed by atoms with van der Waals surface area (Å²) in [4.78, 5) is 27.5. The van der Waals surface area contributed by atoms with Gasteiger partial charge in [-0.2, -0.15) is 0 Å². The highest BCUT2D eigenvalue weighted by atomic mass is 16.2. The number of amides is 2.